The molecule has 0 aromatic heterocycles. The van der Waals surface area contributed by atoms with Gasteiger partial charge in [-0.15, -0.1) is 0 Å². The van der Waals surface area contributed by atoms with E-state index in [1.54, 1.807) is 6.20 Å². The Morgan fingerprint density at radius 2 is 1.82 bits per heavy atom. The number of carbonyl (C=O) groups excluding carboxylic acids is 2. The number of Topliss-reactive ketones (excluding diaryl/α,β-unsaturated/α-hetero) is 1. The van der Waals surface area contributed by atoms with Gasteiger partial charge >= 0.3 is 0 Å². The Bertz CT molecular complexity index is 1010. The first kappa shape index (κ1) is 27.9. The Labute approximate surface area is 236 Å². The lowest BCUT2D eigenvalue weighted by Gasteiger charge is -2.61. The third-order valence-corrected chi connectivity index (χ3v) is 10.4. The Balaban J connectivity index is 1.25. The zero-order chi connectivity index (χ0) is 27.8. The highest BCUT2D eigenvalue weighted by Crippen LogP contribution is 2.50. The monoisotopic (exact) mass is 559 g/mol. The number of ketones is 1. The van der Waals surface area contributed by atoms with E-state index in [1.165, 1.54) is 38.5 Å². The largest absolute Gasteiger partial charge is 0.370 e. The summed E-state index contributed by atoms with van der Waals surface area (Å²) in [5.74, 6) is -0.0944. The maximum atomic E-state index is 15.9. The summed E-state index contributed by atoms with van der Waals surface area (Å²) in [6.07, 6.45) is 9.63. The van der Waals surface area contributed by atoms with E-state index in [2.05, 4.69) is 25.4 Å². The maximum Gasteiger partial charge on any atom is 0.256 e. The van der Waals surface area contributed by atoms with Gasteiger partial charge in [0.1, 0.15) is 6.17 Å². The van der Waals surface area contributed by atoms with Crippen molar-refractivity contribution >= 4 is 17.6 Å². The smallest absolute Gasteiger partial charge is 0.256 e. The number of guanidine groups is 1. The van der Waals surface area contributed by atoms with Crippen molar-refractivity contribution in [3.05, 3.63) is 11.8 Å². The molecule has 6 rings (SSSR count). The highest BCUT2D eigenvalue weighted by atomic mass is 19.1. The Morgan fingerprint density at radius 3 is 2.58 bits per heavy atom. The van der Waals surface area contributed by atoms with Crippen LogP contribution in [0.4, 0.5) is 4.39 Å². The second-order valence-corrected chi connectivity index (χ2v) is 12.8. The third-order valence-electron chi connectivity index (χ3n) is 10.4. The molecule has 0 radical (unpaired) electrons. The lowest BCUT2D eigenvalue weighted by molar-refractivity contribution is -0.208. The van der Waals surface area contributed by atoms with Gasteiger partial charge in [-0.1, -0.05) is 25.7 Å². The van der Waals surface area contributed by atoms with Crippen LogP contribution >= 0.6 is 0 Å². The summed E-state index contributed by atoms with van der Waals surface area (Å²) in [4.78, 5) is 35.5. The van der Waals surface area contributed by atoms with Crippen LogP contribution in [0.3, 0.4) is 0 Å². The average molecular weight is 560 g/mol. The standard InChI is InChI=1S/C29H46FN7O3/c30-21-15-19-25-27(24(21)33-9-12-36-10-3-4-11-36)40-23-14-18-6-2-1-5-17(18)13-22(23)37(25)16-20(26(19)38)28(39)34-7-8-35-29(31)32/h16-19,21-25,27,33H,1-15H2,(H,34,39)(H4,31,32,35). The number of carbonyl (C=O) groups is 2. The van der Waals surface area contributed by atoms with E-state index >= 15 is 4.39 Å². The van der Waals surface area contributed by atoms with Gasteiger partial charge in [0.2, 0.25) is 0 Å². The van der Waals surface area contributed by atoms with Crippen molar-refractivity contribution in [3.8, 4) is 0 Å². The van der Waals surface area contributed by atoms with E-state index in [4.69, 9.17) is 16.2 Å². The van der Waals surface area contributed by atoms with Gasteiger partial charge in [0.05, 0.1) is 42.5 Å². The number of alkyl halides is 1. The molecule has 3 heterocycles. The van der Waals surface area contributed by atoms with Crippen molar-refractivity contribution in [1.29, 1.82) is 0 Å². The molecule has 40 heavy (non-hydrogen) atoms. The molecule has 3 aliphatic carbocycles. The normalized spacial score (nSPS) is 39.0. The minimum absolute atomic E-state index is 0.0231. The fraction of sp³-hybridized carbons (Fsp3) is 0.828. The maximum absolute atomic E-state index is 15.9. The summed E-state index contributed by atoms with van der Waals surface area (Å²) >= 11 is 0. The number of likely N-dealkylation sites (tertiary alicyclic amines) is 1. The molecule has 222 valence electrons. The number of hydrogen-bond donors (Lipinski definition) is 4. The Morgan fingerprint density at radius 1 is 1.07 bits per heavy atom. The highest BCUT2D eigenvalue weighted by Gasteiger charge is 2.59. The first-order valence-corrected chi connectivity index (χ1v) is 15.5. The fourth-order valence-corrected chi connectivity index (χ4v) is 8.54. The average Bonchev–Trinajstić information content (AvgIpc) is 3.46. The highest BCUT2D eigenvalue weighted by molar-refractivity contribution is 6.20. The molecule has 9 atom stereocenters. The molecule has 0 aromatic carbocycles. The molecule has 6 aliphatic rings. The van der Waals surface area contributed by atoms with E-state index in [0.29, 0.717) is 18.4 Å². The zero-order valence-electron chi connectivity index (χ0n) is 23.5. The van der Waals surface area contributed by atoms with Crippen LogP contribution in [0.15, 0.2) is 16.8 Å². The van der Waals surface area contributed by atoms with Crippen molar-refractivity contribution in [1.82, 2.24) is 20.4 Å². The molecule has 0 bridgehead atoms. The van der Waals surface area contributed by atoms with Crippen LogP contribution < -0.4 is 22.1 Å². The summed E-state index contributed by atoms with van der Waals surface area (Å²) in [5, 5.41) is 6.30. The molecule has 5 fully saturated rings. The van der Waals surface area contributed by atoms with Crippen LogP contribution in [-0.4, -0.2) is 103 Å². The Kier molecular flexibility index (Phi) is 8.33. The van der Waals surface area contributed by atoms with E-state index in [-0.39, 0.29) is 55.0 Å². The molecule has 9 unspecified atom stereocenters. The van der Waals surface area contributed by atoms with Crippen LogP contribution in [0.1, 0.15) is 57.8 Å². The predicted octanol–water partition coefficient (Wildman–Crippen LogP) is 0.661. The van der Waals surface area contributed by atoms with Gasteiger partial charge in [-0.3, -0.25) is 14.6 Å². The van der Waals surface area contributed by atoms with Crippen LogP contribution in [0.5, 0.6) is 0 Å². The fourth-order valence-electron chi connectivity index (χ4n) is 8.54. The molecule has 11 heteroatoms. The van der Waals surface area contributed by atoms with Crippen molar-refractivity contribution < 1.29 is 18.7 Å². The quantitative estimate of drug-likeness (QED) is 0.147. The van der Waals surface area contributed by atoms with Crippen LogP contribution in [0.2, 0.25) is 0 Å². The number of nitrogens with zero attached hydrogens (tertiary/aromatic N) is 3. The number of nitrogens with two attached hydrogens (primary N) is 2. The SMILES string of the molecule is NC(N)=NCCNC(=O)C1=CN2C3CC4CCCCC4CC3OC3C(NCCN4CCCC4)C(F)CC(C1=O)C32. The van der Waals surface area contributed by atoms with E-state index in [1.807, 2.05) is 0 Å². The summed E-state index contributed by atoms with van der Waals surface area (Å²) in [6, 6.07) is -0.627. The number of fused-ring (bicyclic) bond motifs is 3. The second kappa shape index (κ2) is 11.9. The number of ether oxygens (including phenoxy) is 1. The van der Waals surface area contributed by atoms with Gasteiger partial charge in [-0.2, -0.15) is 0 Å². The third kappa shape index (κ3) is 5.48. The van der Waals surface area contributed by atoms with Crippen molar-refractivity contribution in [2.75, 3.05) is 39.3 Å². The lowest BCUT2D eigenvalue weighted by Crippen LogP contribution is -2.73. The molecule has 0 spiro atoms. The van der Waals surface area contributed by atoms with Crippen LogP contribution in [0.25, 0.3) is 0 Å². The van der Waals surface area contributed by atoms with Gasteiger partial charge in [0, 0.05) is 31.8 Å². The second-order valence-electron chi connectivity index (χ2n) is 12.8. The van der Waals surface area contributed by atoms with E-state index in [0.717, 1.165) is 32.5 Å². The molecule has 3 aliphatic heterocycles. The molecular formula is C29H46FN7O3. The first-order chi connectivity index (χ1) is 19.4. The number of amides is 1. The van der Waals surface area contributed by atoms with E-state index < -0.39 is 30.1 Å². The number of nitrogens with one attached hydrogen (secondary N) is 2. The van der Waals surface area contributed by atoms with Gasteiger partial charge in [-0.25, -0.2) is 4.39 Å². The molecule has 2 saturated heterocycles. The number of hydrogen-bond acceptors (Lipinski definition) is 7. The summed E-state index contributed by atoms with van der Waals surface area (Å²) < 4.78 is 22.8. The van der Waals surface area contributed by atoms with Crippen molar-refractivity contribution in [3.63, 3.8) is 0 Å². The number of aliphatic imine (C=N–C) groups is 1. The minimum atomic E-state index is -1.22. The van der Waals surface area contributed by atoms with Crippen LogP contribution in [-0.2, 0) is 14.3 Å². The van der Waals surface area contributed by atoms with Crippen molar-refractivity contribution in [2.45, 2.75) is 94.3 Å². The summed E-state index contributed by atoms with van der Waals surface area (Å²) in [5.41, 5.74) is 10.9. The van der Waals surface area contributed by atoms with Gasteiger partial charge < -0.3 is 36.6 Å². The molecule has 1 amide bonds. The summed E-state index contributed by atoms with van der Waals surface area (Å²) in [6.45, 7) is 4.25. The lowest BCUT2D eigenvalue weighted by atomic mass is 9.65. The molecular weight excluding hydrogens is 513 g/mol. The predicted molar refractivity (Wildman–Crippen MR) is 150 cm³/mol. The topological polar surface area (TPSA) is 138 Å². The molecule has 6 N–H and O–H groups in total. The molecule has 3 saturated carbocycles. The van der Waals surface area contributed by atoms with Gasteiger partial charge in [0.25, 0.3) is 5.91 Å². The van der Waals surface area contributed by atoms with E-state index in [9.17, 15) is 9.59 Å². The van der Waals surface area contributed by atoms with Gasteiger partial charge in [0.15, 0.2) is 11.7 Å². The first-order valence-electron chi connectivity index (χ1n) is 15.5. The van der Waals surface area contributed by atoms with Crippen LogP contribution in [0, 0.1) is 17.8 Å². The van der Waals surface area contributed by atoms with Crippen molar-refractivity contribution in [2.24, 2.45) is 34.2 Å². The number of rotatable bonds is 8. The minimum Gasteiger partial charge on any atom is -0.370 e. The molecule has 10 nitrogen and oxygen atoms in total. The zero-order valence-corrected chi connectivity index (χ0v) is 23.5. The molecule has 0 aromatic rings. The summed E-state index contributed by atoms with van der Waals surface area (Å²) in [7, 11) is 0. The number of halogens is 1. The Hall–Kier alpha value is -2.24. The number of morpholine rings is 1. The van der Waals surface area contributed by atoms with Gasteiger partial charge in [-0.05, 0) is 57.0 Å².